The van der Waals surface area contributed by atoms with Crippen LogP contribution in [-0.4, -0.2) is 18.3 Å². The van der Waals surface area contributed by atoms with Crippen molar-refractivity contribution >= 4 is 0 Å². The van der Waals surface area contributed by atoms with Crippen molar-refractivity contribution in [2.45, 2.75) is 45.3 Å². The third kappa shape index (κ3) is 2.78. The fraction of sp³-hybridized carbons (Fsp3) is 1.00. The van der Waals surface area contributed by atoms with Crippen molar-refractivity contribution in [1.82, 2.24) is 5.32 Å². The molecule has 1 saturated carbocycles. The van der Waals surface area contributed by atoms with Gasteiger partial charge in [-0.2, -0.15) is 0 Å². The van der Waals surface area contributed by atoms with Gasteiger partial charge in [0.2, 0.25) is 0 Å². The highest BCUT2D eigenvalue weighted by Crippen LogP contribution is 2.35. The molecule has 1 nitrogen and oxygen atoms in total. The minimum absolute atomic E-state index is 0.437. The topological polar surface area (TPSA) is 12.0 Å². The van der Waals surface area contributed by atoms with Crippen molar-refractivity contribution in [3.05, 3.63) is 0 Å². The lowest BCUT2D eigenvalue weighted by Crippen LogP contribution is -2.50. The molecule has 0 heterocycles. The Balaban J connectivity index is 2.05. The lowest BCUT2D eigenvalue weighted by molar-refractivity contribution is 0.0470. The Morgan fingerprint density at radius 1 is 1.55 bits per heavy atom. The van der Waals surface area contributed by atoms with Crippen molar-refractivity contribution in [2.75, 3.05) is 6.54 Å². The maximum Gasteiger partial charge on any atom is 0.111 e. The Hall–Kier alpha value is -0.110. The lowest BCUT2D eigenvalue weighted by Gasteiger charge is -2.39. The average molecular weight is 159 g/mol. The minimum Gasteiger partial charge on any atom is -0.313 e. The molecule has 0 aromatic rings. The number of alkyl halides is 1. The Bertz CT molecular complexity index is 124. The minimum atomic E-state index is -0.880. The van der Waals surface area contributed by atoms with Gasteiger partial charge in [0.05, 0.1) is 0 Å². The number of halogens is 1. The van der Waals surface area contributed by atoms with Gasteiger partial charge in [-0.3, -0.25) is 0 Å². The van der Waals surface area contributed by atoms with Crippen LogP contribution in [0.25, 0.3) is 0 Å². The highest BCUT2D eigenvalue weighted by atomic mass is 19.1. The number of hydrogen-bond donors (Lipinski definition) is 1. The largest absolute Gasteiger partial charge is 0.313 e. The molecule has 0 aromatic heterocycles. The first-order valence-corrected chi connectivity index (χ1v) is 4.42. The third-order valence-electron chi connectivity index (χ3n) is 2.16. The predicted molar refractivity (Wildman–Crippen MR) is 45.4 cm³/mol. The molecule has 0 bridgehead atoms. The molecule has 0 unspecified atom stereocenters. The van der Waals surface area contributed by atoms with Crippen molar-refractivity contribution in [3.63, 3.8) is 0 Å². The van der Waals surface area contributed by atoms with Crippen molar-refractivity contribution in [1.29, 1.82) is 0 Å². The highest BCUT2D eigenvalue weighted by molar-refractivity contribution is 4.95. The van der Waals surface area contributed by atoms with Gasteiger partial charge in [-0.1, -0.05) is 13.8 Å². The summed E-state index contributed by atoms with van der Waals surface area (Å²) in [5.41, 5.74) is -0.880. The summed E-state index contributed by atoms with van der Waals surface area (Å²) in [5, 5.41) is 3.33. The normalized spacial score (nSPS) is 37.4. The summed E-state index contributed by atoms with van der Waals surface area (Å²) in [6.45, 7) is 7.03. The van der Waals surface area contributed by atoms with E-state index in [-0.39, 0.29) is 0 Å². The van der Waals surface area contributed by atoms with Crippen LogP contribution in [-0.2, 0) is 0 Å². The maximum absolute atomic E-state index is 12.9. The first-order valence-electron chi connectivity index (χ1n) is 4.42. The molecule has 0 spiro atoms. The van der Waals surface area contributed by atoms with E-state index in [9.17, 15) is 4.39 Å². The van der Waals surface area contributed by atoms with Gasteiger partial charge >= 0.3 is 0 Å². The van der Waals surface area contributed by atoms with Gasteiger partial charge in [-0.05, 0) is 32.2 Å². The first kappa shape index (κ1) is 8.98. The summed E-state index contributed by atoms with van der Waals surface area (Å²) < 4.78 is 12.9. The molecule has 0 amide bonds. The van der Waals surface area contributed by atoms with E-state index in [1.807, 2.05) is 0 Å². The van der Waals surface area contributed by atoms with E-state index in [0.29, 0.717) is 24.8 Å². The number of nitrogens with one attached hydrogen (secondary N) is 1. The molecule has 0 aromatic carbocycles. The van der Waals surface area contributed by atoms with Gasteiger partial charge in [-0.25, -0.2) is 4.39 Å². The monoisotopic (exact) mass is 159 g/mol. The maximum atomic E-state index is 12.9. The fourth-order valence-corrected chi connectivity index (χ4v) is 1.51. The molecule has 0 atom stereocenters. The zero-order valence-electron chi connectivity index (χ0n) is 7.65. The van der Waals surface area contributed by atoms with Crippen LogP contribution in [0.5, 0.6) is 0 Å². The molecule has 1 N–H and O–H groups in total. The molecule has 0 saturated heterocycles. The van der Waals surface area contributed by atoms with Crippen molar-refractivity contribution < 1.29 is 4.39 Å². The zero-order valence-corrected chi connectivity index (χ0v) is 7.65. The smallest absolute Gasteiger partial charge is 0.111 e. The van der Waals surface area contributed by atoms with Crippen LogP contribution in [0.4, 0.5) is 4.39 Å². The summed E-state index contributed by atoms with van der Waals surface area (Å²) in [7, 11) is 0. The van der Waals surface area contributed by atoms with Crippen LogP contribution >= 0.6 is 0 Å². The van der Waals surface area contributed by atoms with E-state index in [1.165, 1.54) is 0 Å². The van der Waals surface area contributed by atoms with Crippen LogP contribution in [0.1, 0.15) is 33.6 Å². The van der Waals surface area contributed by atoms with Crippen molar-refractivity contribution in [3.8, 4) is 0 Å². The Morgan fingerprint density at radius 2 is 2.09 bits per heavy atom. The summed E-state index contributed by atoms with van der Waals surface area (Å²) in [6.07, 6.45) is 1.39. The van der Waals surface area contributed by atoms with E-state index in [2.05, 4.69) is 19.2 Å². The molecule has 1 aliphatic rings. The van der Waals surface area contributed by atoms with Gasteiger partial charge in [0.15, 0.2) is 0 Å². The number of rotatable bonds is 3. The third-order valence-corrected chi connectivity index (χ3v) is 2.16. The molecule has 66 valence electrons. The second kappa shape index (κ2) is 3.10. The summed E-state index contributed by atoms with van der Waals surface area (Å²) >= 11 is 0. The summed E-state index contributed by atoms with van der Waals surface area (Å²) in [4.78, 5) is 0. The molecule has 2 heteroatoms. The van der Waals surface area contributed by atoms with Gasteiger partial charge in [0.1, 0.15) is 5.67 Å². The summed E-state index contributed by atoms with van der Waals surface area (Å²) in [5.74, 6) is 0.668. The zero-order chi connectivity index (χ0) is 8.48. The van der Waals surface area contributed by atoms with Crippen molar-refractivity contribution in [2.24, 2.45) is 5.92 Å². The quantitative estimate of drug-likeness (QED) is 0.665. The predicted octanol–water partition coefficient (Wildman–Crippen LogP) is 2.12. The van der Waals surface area contributed by atoms with Crippen LogP contribution in [0.15, 0.2) is 0 Å². The molecule has 1 aliphatic carbocycles. The first-order chi connectivity index (χ1) is 4.99. The van der Waals surface area contributed by atoms with E-state index in [0.717, 1.165) is 6.54 Å². The lowest BCUT2D eigenvalue weighted by atomic mass is 9.79. The molecule has 0 radical (unpaired) electrons. The SMILES string of the molecule is CC(C)CNC1CC(C)(F)C1. The van der Waals surface area contributed by atoms with Gasteiger partial charge in [0.25, 0.3) is 0 Å². The van der Waals surface area contributed by atoms with Crippen LogP contribution in [0, 0.1) is 5.92 Å². The van der Waals surface area contributed by atoms with E-state index >= 15 is 0 Å². The van der Waals surface area contributed by atoms with Crippen LogP contribution < -0.4 is 5.32 Å². The van der Waals surface area contributed by atoms with E-state index in [4.69, 9.17) is 0 Å². The van der Waals surface area contributed by atoms with Crippen LogP contribution in [0.3, 0.4) is 0 Å². The van der Waals surface area contributed by atoms with Crippen LogP contribution in [0.2, 0.25) is 0 Å². The standard InChI is InChI=1S/C9H18FN/c1-7(2)6-11-8-4-9(3,10)5-8/h7-8,11H,4-6H2,1-3H3. The Morgan fingerprint density at radius 3 is 2.45 bits per heavy atom. The highest BCUT2D eigenvalue weighted by Gasteiger charge is 2.39. The molecule has 1 fully saturated rings. The van der Waals surface area contributed by atoms with Gasteiger partial charge in [-0.15, -0.1) is 0 Å². The second-order valence-electron chi connectivity index (χ2n) is 4.32. The Labute approximate surface area is 68.4 Å². The molecule has 1 rings (SSSR count). The fourth-order valence-electron chi connectivity index (χ4n) is 1.51. The average Bonchev–Trinajstić information content (AvgIpc) is 1.78. The molecule has 0 aliphatic heterocycles. The van der Waals surface area contributed by atoms with E-state index in [1.54, 1.807) is 6.92 Å². The number of hydrogen-bond acceptors (Lipinski definition) is 1. The Kier molecular flexibility index (Phi) is 2.53. The molecule has 11 heavy (non-hydrogen) atoms. The summed E-state index contributed by atoms with van der Waals surface area (Å²) in [6, 6.07) is 0.437. The molecular formula is C9H18FN. The second-order valence-corrected chi connectivity index (χ2v) is 4.32. The van der Waals surface area contributed by atoms with Gasteiger partial charge in [0, 0.05) is 6.04 Å². The molecular weight excluding hydrogens is 141 g/mol. The van der Waals surface area contributed by atoms with Gasteiger partial charge < -0.3 is 5.32 Å². The van der Waals surface area contributed by atoms with E-state index < -0.39 is 5.67 Å².